The average Bonchev–Trinajstić information content (AvgIpc) is 3.59. The maximum Gasteiger partial charge on any atom is 0.341 e. The minimum Gasteiger partial charge on any atom is -0.467 e. The van der Waals surface area contributed by atoms with Gasteiger partial charge in [-0.05, 0) is 69.1 Å². The molecule has 0 spiro atoms. The Kier molecular flexibility index (Phi) is 6.55. The molecule has 4 saturated carbocycles. The molecule has 0 aromatic heterocycles. The van der Waals surface area contributed by atoms with E-state index in [-0.39, 0.29) is 30.8 Å². The predicted octanol–water partition coefficient (Wildman–Crippen LogP) is 2.32. The van der Waals surface area contributed by atoms with Gasteiger partial charge in [0.25, 0.3) is 0 Å². The van der Waals surface area contributed by atoms with Crippen LogP contribution in [0.15, 0.2) is 0 Å². The largest absolute Gasteiger partial charge is 0.467 e. The highest BCUT2D eigenvalue weighted by Gasteiger charge is 2.90. The number of methoxy groups -OCH3 is 1. The van der Waals surface area contributed by atoms with E-state index < -0.39 is 87.0 Å². The number of epoxide rings is 1. The number of hydrogen-bond acceptors (Lipinski definition) is 11. The van der Waals surface area contributed by atoms with Gasteiger partial charge in [0.05, 0.1) is 30.1 Å². The number of aliphatic hydroxyl groups excluding tert-OH is 1. The van der Waals surface area contributed by atoms with Crippen molar-refractivity contribution in [1.29, 1.82) is 0 Å². The molecular weight excluding hydrogens is 560 g/mol. The normalized spacial score (nSPS) is 53.4. The number of rotatable bonds is 4. The first-order valence-electron chi connectivity index (χ1n) is 15.6. The molecule has 6 aliphatic rings. The van der Waals surface area contributed by atoms with Crippen LogP contribution in [0.4, 0.5) is 0 Å². The van der Waals surface area contributed by atoms with Crippen molar-refractivity contribution in [3.05, 3.63) is 0 Å². The summed E-state index contributed by atoms with van der Waals surface area (Å²) in [5.41, 5.74) is -7.18. The van der Waals surface area contributed by atoms with Crippen molar-refractivity contribution in [3.8, 4) is 0 Å². The molecule has 4 aliphatic carbocycles. The van der Waals surface area contributed by atoms with Gasteiger partial charge in [0, 0.05) is 24.7 Å². The third-order valence-electron chi connectivity index (χ3n) is 13.5. The van der Waals surface area contributed by atoms with E-state index in [4.69, 9.17) is 23.7 Å². The minimum absolute atomic E-state index is 0.139. The number of carbonyl (C=O) groups is 4. The summed E-state index contributed by atoms with van der Waals surface area (Å²) in [6, 6.07) is 0. The fourth-order valence-corrected chi connectivity index (χ4v) is 11.8. The number of ether oxygens (including phenoxy) is 5. The van der Waals surface area contributed by atoms with Gasteiger partial charge >= 0.3 is 23.9 Å². The Labute approximate surface area is 252 Å². The van der Waals surface area contributed by atoms with Gasteiger partial charge in [0.15, 0.2) is 6.10 Å². The second kappa shape index (κ2) is 9.16. The van der Waals surface area contributed by atoms with E-state index in [1.54, 1.807) is 13.8 Å². The third kappa shape index (κ3) is 3.37. The molecule has 2 saturated heterocycles. The SMILES string of the molecule is COC(=O)[C@@]12O[C@@H]1C(C)C[C@@]1(O)C3CC[C@]4(C)C(CC[C@@]5(C(C)O)COC(=O)[C@H]54)[C@@]3(C)[C@H](OC(C)=O)[C@H](OC(C)=O)[C@]12C. The monoisotopic (exact) mass is 606 g/mol. The van der Waals surface area contributed by atoms with E-state index in [2.05, 4.69) is 6.92 Å². The molecule has 0 amide bonds. The summed E-state index contributed by atoms with van der Waals surface area (Å²) in [6.45, 7) is 12.1. The smallest absolute Gasteiger partial charge is 0.341 e. The van der Waals surface area contributed by atoms with Crippen molar-refractivity contribution >= 4 is 23.9 Å². The predicted molar refractivity (Wildman–Crippen MR) is 148 cm³/mol. The first-order valence-corrected chi connectivity index (χ1v) is 15.6. The molecule has 2 aliphatic heterocycles. The summed E-state index contributed by atoms with van der Waals surface area (Å²) < 4.78 is 29.4. The number of cyclic esters (lactones) is 1. The summed E-state index contributed by atoms with van der Waals surface area (Å²) in [7, 11) is 1.26. The molecule has 6 rings (SSSR count). The summed E-state index contributed by atoms with van der Waals surface area (Å²) in [6.07, 6.45) is -1.39. The van der Waals surface area contributed by atoms with E-state index in [9.17, 15) is 29.4 Å². The highest BCUT2D eigenvalue weighted by Crippen LogP contribution is 2.78. The first-order chi connectivity index (χ1) is 19.9. The van der Waals surface area contributed by atoms with Crippen LogP contribution < -0.4 is 0 Å². The molecule has 4 unspecified atom stereocenters. The Morgan fingerprint density at radius 3 is 2.19 bits per heavy atom. The van der Waals surface area contributed by atoms with Gasteiger partial charge in [-0.15, -0.1) is 0 Å². The van der Waals surface area contributed by atoms with Gasteiger partial charge in [-0.25, -0.2) is 4.79 Å². The van der Waals surface area contributed by atoms with Crippen LogP contribution in [-0.4, -0.2) is 83.4 Å². The molecule has 2 heterocycles. The number of esters is 4. The van der Waals surface area contributed by atoms with E-state index in [0.717, 1.165) is 0 Å². The van der Waals surface area contributed by atoms with Crippen molar-refractivity contribution in [1.82, 2.24) is 0 Å². The summed E-state index contributed by atoms with van der Waals surface area (Å²) in [5.74, 6) is -3.91. The Hall–Kier alpha value is -2.24. The van der Waals surface area contributed by atoms with Gasteiger partial charge in [-0.2, -0.15) is 0 Å². The topological polar surface area (TPSA) is 158 Å². The number of hydrogen-bond donors (Lipinski definition) is 2. The van der Waals surface area contributed by atoms with Crippen molar-refractivity contribution in [2.45, 2.75) is 116 Å². The highest BCUT2D eigenvalue weighted by molar-refractivity contribution is 5.86. The van der Waals surface area contributed by atoms with Crippen LogP contribution in [0.25, 0.3) is 0 Å². The lowest BCUT2D eigenvalue weighted by Gasteiger charge is -2.73. The van der Waals surface area contributed by atoms with Crippen LogP contribution in [0, 0.1) is 45.3 Å². The molecule has 0 aromatic carbocycles. The minimum atomic E-state index is -1.61. The maximum absolute atomic E-state index is 13.6. The Bertz CT molecular complexity index is 1270. The number of carbonyl (C=O) groups excluding carboxylic acids is 4. The maximum atomic E-state index is 13.6. The summed E-state index contributed by atoms with van der Waals surface area (Å²) in [5, 5.41) is 24.2. The Balaban J connectivity index is 1.59. The zero-order chi connectivity index (χ0) is 31.7. The summed E-state index contributed by atoms with van der Waals surface area (Å²) >= 11 is 0. The van der Waals surface area contributed by atoms with Crippen molar-refractivity contribution in [2.24, 2.45) is 45.3 Å². The van der Waals surface area contributed by atoms with Crippen molar-refractivity contribution < 1.29 is 53.1 Å². The molecule has 11 heteroatoms. The lowest BCUT2D eigenvalue weighted by atomic mass is 9.32. The molecule has 2 N–H and O–H groups in total. The van der Waals surface area contributed by atoms with Gasteiger partial charge in [0.2, 0.25) is 5.60 Å². The fourth-order valence-electron chi connectivity index (χ4n) is 11.8. The van der Waals surface area contributed by atoms with Crippen LogP contribution in [0.2, 0.25) is 0 Å². The van der Waals surface area contributed by atoms with E-state index in [1.807, 2.05) is 13.8 Å². The Morgan fingerprint density at radius 2 is 1.60 bits per heavy atom. The highest BCUT2D eigenvalue weighted by atomic mass is 16.7. The zero-order valence-corrected chi connectivity index (χ0v) is 26.4. The van der Waals surface area contributed by atoms with Crippen LogP contribution in [0.5, 0.6) is 0 Å². The number of aliphatic hydroxyl groups is 2. The number of fused-ring (bicyclic) bond motifs is 9. The lowest BCUT2D eigenvalue weighted by molar-refractivity contribution is -0.340. The molecular formula is C32H46O11. The zero-order valence-electron chi connectivity index (χ0n) is 26.4. The second-order valence-electron chi connectivity index (χ2n) is 15.1. The first kappa shape index (κ1) is 30.8. The molecule has 240 valence electrons. The third-order valence-corrected chi connectivity index (χ3v) is 13.5. The standard InChI is InChI=1S/C32H46O11/c1-15-13-31(38)20-9-11-27(5)19(10-12-30(16(2)33)14-40-25(36)21(27)30)28(20,6)23(41-17(3)34)24(42-18(4)35)29(31,7)32(22(15)43-32)26(37)39-8/h15-16,19-24,33,38H,9-14H2,1-8H3/t15?,16?,19?,20?,21-,22+,23+,24-,27+,28+,29+,30-,31+,32-/m0/s1. The van der Waals surface area contributed by atoms with Gasteiger partial charge in [-0.3, -0.25) is 14.4 Å². The van der Waals surface area contributed by atoms with Crippen LogP contribution in [-0.2, 0) is 42.9 Å². The lowest BCUT2D eigenvalue weighted by Crippen LogP contribution is -2.82. The molecule has 0 aromatic rings. The fraction of sp³-hybridized carbons (Fsp3) is 0.875. The van der Waals surface area contributed by atoms with Crippen LogP contribution in [0.1, 0.15) is 80.6 Å². The van der Waals surface area contributed by atoms with Gasteiger partial charge in [-0.1, -0.05) is 20.8 Å². The molecule has 14 atom stereocenters. The molecule has 0 bridgehead atoms. The average molecular weight is 607 g/mol. The van der Waals surface area contributed by atoms with Crippen LogP contribution in [0.3, 0.4) is 0 Å². The molecule has 0 radical (unpaired) electrons. The van der Waals surface area contributed by atoms with Gasteiger partial charge in [0.1, 0.15) is 18.8 Å². The van der Waals surface area contributed by atoms with E-state index >= 15 is 0 Å². The quantitative estimate of drug-likeness (QED) is 0.275. The van der Waals surface area contributed by atoms with E-state index in [1.165, 1.54) is 21.0 Å². The van der Waals surface area contributed by atoms with E-state index in [0.29, 0.717) is 25.7 Å². The van der Waals surface area contributed by atoms with Gasteiger partial charge < -0.3 is 33.9 Å². The Morgan fingerprint density at radius 1 is 1.00 bits per heavy atom. The molecule has 6 fully saturated rings. The van der Waals surface area contributed by atoms with Crippen LogP contribution >= 0.6 is 0 Å². The van der Waals surface area contributed by atoms with Crippen molar-refractivity contribution in [2.75, 3.05) is 13.7 Å². The van der Waals surface area contributed by atoms with Crippen molar-refractivity contribution in [3.63, 3.8) is 0 Å². The second-order valence-corrected chi connectivity index (χ2v) is 15.1. The molecule has 43 heavy (non-hydrogen) atoms. The summed E-state index contributed by atoms with van der Waals surface area (Å²) in [4.78, 5) is 52.8. The molecule has 11 nitrogen and oxygen atoms in total.